The topological polar surface area (TPSA) is 51.0 Å². The van der Waals surface area contributed by atoms with Crippen molar-refractivity contribution >= 4 is 39.4 Å². The van der Waals surface area contributed by atoms with Crippen LogP contribution in [0.1, 0.15) is 5.56 Å². The van der Waals surface area contributed by atoms with Gasteiger partial charge < -0.3 is 14.6 Å². The molecule has 0 aliphatic carbocycles. The van der Waals surface area contributed by atoms with E-state index in [0.29, 0.717) is 22.7 Å². The number of aromatic hydroxyl groups is 1. The van der Waals surface area contributed by atoms with E-state index in [1.54, 1.807) is 44.6 Å². The molecule has 0 bridgehead atoms. The highest BCUT2D eigenvalue weighted by atomic mass is 79.9. The Labute approximate surface area is 136 Å². The monoisotopic (exact) mass is 369 g/mol. The van der Waals surface area contributed by atoms with Crippen molar-refractivity contribution in [3.8, 4) is 17.2 Å². The van der Waals surface area contributed by atoms with E-state index >= 15 is 0 Å². The van der Waals surface area contributed by atoms with Gasteiger partial charge in [-0.15, -0.1) is 0 Å². The van der Waals surface area contributed by atoms with E-state index < -0.39 is 0 Å². The number of hydrogen-bond donors (Lipinski definition) is 1. The predicted molar refractivity (Wildman–Crippen MR) is 87.6 cm³/mol. The van der Waals surface area contributed by atoms with Gasteiger partial charge in [-0.25, -0.2) is 0 Å². The zero-order valence-corrected chi connectivity index (χ0v) is 13.8. The summed E-state index contributed by atoms with van der Waals surface area (Å²) in [4.78, 5) is 4.33. The Balaban J connectivity index is 2.41. The number of phenolic OH excluding ortho intramolecular Hbond substituents is 1. The number of ether oxygens (including phenoxy) is 2. The molecular formula is C15H13BrClNO3. The third-order valence-corrected chi connectivity index (χ3v) is 3.53. The van der Waals surface area contributed by atoms with Crippen molar-refractivity contribution in [2.24, 2.45) is 4.99 Å². The quantitative estimate of drug-likeness (QED) is 0.802. The Bertz CT molecular complexity index is 689. The third-order valence-electron chi connectivity index (χ3n) is 2.79. The molecule has 0 fully saturated rings. The van der Waals surface area contributed by atoms with Gasteiger partial charge >= 0.3 is 0 Å². The highest BCUT2D eigenvalue weighted by Gasteiger charge is 2.07. The van der Waals surface area contributed by atoms with E-state index in [1.807, 2.05) is 0 Å². The van der Waals surface area contributed by atoms with Crippen molar-refractivity contribution < 1.29 is 14.6 Å². The molecule has 110 valence electrons. The molecule has 0 saturated carbocycles. The molecule has 0 radical (unpaired) electrons. The minimum Gasteiger partial charge on any atom is -0.506 e. The highest BCUT2D eigenvalue weighted by Crippen LogP contribution is 2.33. The highest BCUT2D eigenvalue weighted by molar-refractivity contribution is 9.10. The fraction of sp³-hybridized carbons (Fsp3) is 0.133. The van der Waals surface area contributed by atoms with Crippen LogP contribution in [0.2, 0.25) is 5.02 Å². The summed E-state index contributed by atoms with van der Waals surface area (Å²) in [5.41, 5.74) is 1.09. The first-order valence-electron chi connectivity index (χ1n) is 5.99. The van der Waals surface area contributed by atoms with Crippen LogP contribution in [0.5, 0.6) is 17.2 Å². The molecule has 0 aliphatic heterocycles. The lowest BCUT2D eigenvalue weighted by molar-refractivity contribution is 0.404. The molecule has 0 spiro atoms. The average molecular weight is 371 g/mol. The molecule has 0 heterocycles. The Hall–Kier alpha value is -1.72. The molecule has 0 amide bonds. The van der Waals surface area contributed by atoms with Crippen LogP contribution in [0.3, 0.4) is 0 Å². The van der Waals surface area contributed by atoms with Crippen LogP contribution in [0.25, 0.3) is 0 Å². The van der Waals surface area contributed by atoms with Gasteiger partial charge in [-0.05, 0) is 24.3 Å². The van der Waals surface area contributed by atoms with Crippen LogP contribution in [0.15, 0.2) is 39.8 Å². The van der Waals surface area contributed by atoms with Gasteiger partial charge in [0.05, 0.1) is 19.2 Å². The number of benzene rings is 2. The van der Waals surface area contributed by atoms with Gasteiger partial charge in [0.25, 0.3) is 0 Å². The number of phenols is 1. The van der Waals surface area contributed by atoms with E-state index in [1.165, 1.54) is 6.21 Å². The smallest absolute Gasteiger partial charge is 0.144 e. The SMILES string of the molecule is COc1ccc(OC)c(N=Cc2cc(Br)cc(Cl)c2O)c1. The van der Waals surface area contributed by atoms with Crippen LogP contribution in [-0.4, -0.2) is 25.5 Å². The zero-order valence-electron chi connectivity index (χ0n) is 11.4. The lowest BCUT2D eigenvalue weighted by atomic mass is 10.2. The van der Waals surface area contributed by atoms with Crippen LogP contribution >= 0.6 is 27.5 Å². The van der Waals surface area contributed by atoms with E-state index in [9.17, 15) is 5.11 Å². The standard InChI is InChI=1S/C15H13BrClNO3/c1-20-11-3-4-14(21-2)13(7-11)18-8-9-5-10(16)6-12(17)15(9)19/h3-8,19H,1-2H3. The van der Waals surface area contributed by atoms with Crippen LogP contribution in [0.4, 0.5) is 5.69 Å². The van der Waals surface area contributed by atoms with E-state index in [4.69, 9.17) is 21.1 Å². The van der Waals surface area contributed by atoms with Crippen molar-refractivity contribution in [1.29, 1.82) is 0 Å². The second-order valence-electron chi connectivity index (χ2n) is 4.12. The number of methoxy groups -OCH3 is 2. The van der Waals surface area contributed by atoms with Gasteiger partial charge in [-0.3, -0.25) is 4.99 Å². The number of halogens is 2. The number of aliphatic imine (C=N–C) groups is 1. The summed E-state index contributed by atoms with van der Waals surface area (Å²) in [5.74, 6) is 1.25. The Morgan fingerprint density at radius 2 is 1.95 bits per heavy atom. The minimum atomic E-state index is -0.0227. The van der Waals surface area contributed by atoms with Crippen molar-refractivity contribution in [3.05, 3.63) is 45.4 Å². The van der Waals surface area contributed by atoms with Crippen molar-refractivity contribution in [2.75, 3.05) is 14.2 Å². The molecule has 1 N–H and O–H groups in total. The molecule has 2 aromatic rings. The molecule has 0 aliphatic rings. The molecule has 0 atom stereocenters. The summed E-state index contributed by atoms with van der Waals surface area (Å²) >= 11 is 9.24. The number of nitrogens with zero attached hydrogens (tertiary/aromatic N) is 1. The van der Waals surface area contributed by atoms with Crippen molar-refractivity contribution in [2.45, 2.75) is 0 Å². The summed E-state index contributed by atoms with van der Waals surface area (Å²) in [7, 11) is 3.14. The van der Waals surface area contributed by atoms with Crippen molar-refractivity contribution in [1.82, 2.24) is 0 Å². The first kappa shape index (κ1) is 15.7. The summed E-state index contributed by atoms with van der Waals surface area (Å²) in [6, 6.07) is 8.62. The maximum absolute atomic E-state index is 9.93. The van der Waals surface area contributed by atoms with Crippen LogP contribution in [0, 0.1) is 0 Å². The van der Waals surface area contributed by atoms with E-state index in [2.05, 4.69) is 20.9 Å². The predicted octanol–water partition coefficient (Wildman–Crippen LogP) is 4.58. The largest absolute Gasteiger partial charge is 0.506 e. The van der Waals surface area contributed by atoms with E-state index in [-0.39, 0.29) is 10.8 Å². The normalized spacial score (nSPS) is 10.9. The molecule has 0 unspecified atom stereocenters. The summed E-state index contributed by atoms with van der Waals surface area (Å²) < 4.78 is 11.2. The van der Waals surface area contributed by atoms with Gasteiger partial charge in [-0.1, -0.05) is 27.5 Å². The molecule has 0 aromatic heterocycles. The average Bonchev–Trinajstić information content (AvgIpc) is 2.49. The molecular weight excluding hydrogens is 358 g/mol. The fourth-order valence-corrected chi connectivity index (χ4v) is 2.56. The molecule has 4 nitrogen and oxygen atoms in total. The van der Waals surface area contributed by atoms with Crippen LogP contribution < -0.4 is 9.47 Å². The first-order chi connectivity index (χ1) is 10.0. The lowest BCUT2D eigenvalue weighted by Crippen LogP contribution is -1.88. The fourth-order valence-electron chi connectivity index (χ4n) is 1.72. The first-order valence-corrected chi connectivity index (χ1v) is 7.16. The second-order valence-corrected chi connectivity index (χ2v) is 5.44. The minimum absolute atomic E-state index is 0.0227. The Kier molecular flexibility index (Phi) is 5.09. The summed E-state index contributed by atoms with van der Waals surface area (Å²) in [6.45, 7) is 0. The molecule has 6 heteroatoms. The van der Waals surface area contributed by atoms with Crippen molar-refractivity contribution in [3.63, 3.8) is 0 Å². The molecule has 2 aromatic carbocycles. The maximum Gasteiger partial charge on any atom is 0.144 e. The summed E-state index contributed by atoms with van der Waals surface area (Å²) in [5, 5.41) is 10.2. The van der Waals surface area contributed by atoms with Gasteiger partial charge in [0, 0.05) is 22.3 Å². The summed E-state index contributed by atoms with van der Waals surface area (Å²) in [6.07, 6.45) is 1.52. The maximum atomic E-state index is 9.93. The van der Waals surface area contributed by atoms with Gasteiger partial charge in [-0.2, -0.15) is 0 Å². The van der Waals surface area contributed by atoms with Gasteiger partial charge in [0.15, 0.2) is 0 Å². The Morgan fingerprint density at radius 1 is 1.19 bits per heavy atom. The number of hydrogen-bond acceptors (Lipinski definition) is 4. The van der Waals surface area contributed by atoms with Crippen LogP contribution in [-0.2, 0) is 0 Å². The second kappa shape index (κ2) is 6.83. The van der Waals surface area contributed by atoms with Gasteiger partial charge in [0.2, 0.25) is 0 Å². The zero-order chi connectivity index (χ0) is 15.4. The lowest BCUT2D eigenvalue weighted by Gasteiger charge is -2.07. The third kappa shape index (κ3) is 3.68. The molecule has 0 saturated heterocycles. The number of rotatable bonds is 4. The van der Waals surface area contributed by atoms with Gasteiger partial charge in [0.1, 0.15) is 22.9 Å². The van der Waals surface area contributed by atoms with E-state index in [0.717, 1.165) is 4.47 Å². The molecule has 21 heavy (non-hydrogen) atoms. The Morgan fingerprint density at radius 3 is 2.62 bits per heavy atom. The molecule has 2 rings (SSSR count).